The molecular formula is C64H96O16. The third-order valence-electron chi connectivity index (χ3n) is 14.4. The Morgan fingerprint density at radius 2 is 1.05 bits per heavy atom. The summed E-state index contributed by atoms with van der Waals surface area (Å²) < 4.78 is 42.4. The summed E-state index contributed by atoms with van der Waals surface area (Å²) >= 11 is 0. The summed E-state index contributed by atoms with van der Waals surface area (Å²) in [7, 11) is 1.48. The summed E-state index contributed by atoms with van der Waals surface area (Å²) in [6.07, 6.45) is 30.6. The van der Waals surface area contributed by atoms with Crippen LogP contribution in [0.5, 0.6) is 17.2 Å². The quantitative estimate of drug-likeness (QED) is 0.0163. The van der Waals surface area contributed by atoms with E-state index in [1.165, 1.54) is 135 Å². The number of ether oxygens (including phenoxy) is 8. The molecule has 0 aromatic heterocycles. The zero-order valence-electron chi connectivity index (χ0n) is 49.2. The largest absolute Gasteiger partial charge is 0.516 e. The van der Waals surface area contributed by atoms with E-state index in [-0.39, 0.29) is 88.4 Å². The fourth-order valence-electron chi connectivity index (χ4n) is 9.51. The standard InChI is InChI=1S/C64H96O16/c1-6-8-10-12-14-16-18-20-22-24-26-28-30-32-55(65)74-45-52(46-75-56(66)33-31-29-27-25-23-21-19-17-15-13-11-9-7-2)79-58(68)43-42-57(67)78-51-38-36-50(37-39-51)44-77-64(72)80-59(69)41-35-48(3)34-40-53-61(70)60-54(47-76-63(60)71)49(4)62(53)73-5/h34,36-39,52,70H,6-33,35,40-47H2,1-5H3/b48-34+. The van der Waals surface area contributed by atoms with Crippen LogP contribution >= 0.6 is 0 Å². The molecule has 448 valence electrons. The molecule has 3 rings (SSSR count). The Bertz CT molecular complexity index is 2150. The van der Waals surface area contributed by atoms with Crippen molar-refractivity contribution >= 4 is 42.0 Å². The van der Waals surface area contributed by atoms with E-state index in [1.807, 2.05) is 0 Å². The average molecular weight is 1120 g/mol. The van der Waals surface area contributed by atoms with Crippen LogP contribution in [0.25, 0.3) is 0 Å². The van der Waals surface area contributed by atoms with E-state index in [0.717, 1.165) is 44.1 Å². The minimum absolute atomic E-state index is 0.0600. The molecule has 0 aliphatic carbocycles. The van der Waals surface area contributed by atoms with Gasteiger partial charge in [-0.05, 0) is 62.8 Å². The van der Waals surface area contributed by atoms with E-state index < -0.39 is 48.1 Å². The van der Waals surface area contributed by atoms with E-state index in [4.69, 9.17) is 37.9 Å². The van der Waals surface area contributed by atoms with Crippen molar-refractivity contribution < 1.29 is 76.6 Å². The smallest absolute Gasteiger partial charge is 0.507 e. The summed E-state index contributed by atoms with van der Waals surface area (Å²) in [4.78, 5) is 88.1. The highest BCUT2D eigenvalue weighted by molar-refractivity contribution is 5.98. The zero-order chi connectivity index (χ0) is 58.2. The van der Waals surface area contributed by atoms with Gasteiger partial charge in [-0.2, -0.15) is 0 Å². The molecule has 0 unspecified atom stereocenters. The Morgan fingerprint density at radius 3 is 1.54 bits per heavy atom. The first-order valence-electron chi connectivity index (χ1n) is 30.2. The first-order valence-corrected chi connectivity index (χ1v) is 30.2. The normalized spacial score (nSPS) is 12.0. The highest BCUT2D eigenvalue weighted by atomic mass is 16.7. The van der Waals surface area contributed by atoms with E-state index in [2.05, 4.69) is 13.8 Å². The van der Waals surface area contributed by atoms with Crippen LogP contribution in [0.2, 0.25) is 0 Å². The average Bonchev–Trinajstić information content (AvgIpc) is 3.90. The van der Waals surface area contributed by atoms with Crippen molar-refractivity contribution in [3.05, 3.63) is 63.7 Å². The number of rotatable bonds is 45. The number of fused-ring (bicyclic) bond motifs is 1. The van der Waals surface area contributed by atoms with Gasteiger partial charge in [0.05, 0.1) is 20.0 Å². The molecule has 0 saturated carbocycles. The van der Waals surface area contributed by atoms with E-state index in [1.54, 1.807) is 32.1 Å². The Balaban J connectivity index is 1.37. The molecule has 0 atom stereocenters. The zero-order valence-corrected chi connectivity index (χ0v) is 49.2. The monoisotopic (exact) mass is 1120 g/mol. The van der Waals surface area contributed by atoms with Gasteiger partial charge in [0.25, 0.3) is 0 Å². The topological polar surface area (TPSA) is 214 Å². The number of phenolic OH excluding ortho intramolecular Hbond substituents is 1. The van der Waals surface area contributed by atoms with Crippen molar-refractivity contribution in [1.29, 1.82) is 0 Å². The maximum absolute atomic E-state index is 13.0. The van der Waals surface area contributed by atoms with E-state index in [9.17, 15) is 38.7 Å². The number of carbonyl (C=O) groups excluding carboxylic acids is 7. The molecule has 1 heterocycles. The number of hydrogen-bond acceptors (Lipinski definition) is 16. The molecule has 0 radical (unpaired) electrons. The minimum Gasteiger partial charge on any atom is -0.507 e. The van der Waals surface area contributed by atoms with Crippen LogP contribution in [0, 0.1) is 6.92 Å². The summed E-state index contributed by atoms with van der Waals surface area (Å²) in [5.41, 5.74) is 3.10. The van der Waals surface area contributed by atoms with Crippen LogP contribution in [0.4, 0.5) is 4.79 Å². The fourth-order valence-corrected chi connectivity index (χ4v) is 9.51. The number of hydrogen-bond donors (Lipinski definition) is 1. The molecule has 0 spiro atoms. The number of phenols is 1. The number of aromatic hydroxyl groups is 1. The molecule has 16 nitrogen and oxygen atoms in total. The number of carbonyl (C=O) groups is 7. The molecule has 1 aliphatic heterocycles. The lowest BCUT2D eigenvalue weighted by Gasteiger charge is -2.18. The number of esters is 6. The number of benzene rings is 2. The Kier molecular flexibility index (Phi) is 35.9. The third kappa shape index (κ3) is 29.5. The van der Waals surface area contributed by atoms with Gasteiger partial charge in [-0.25, -0.2) is 9.59 Å². The lowest BCUT2D eigenvalue weighted by atomic mass is 9.94. The number of unbranched alkanes of at least 4 members (excludes halogenated alkanes) is 24. The fraction of sp³-hybridized carbons (Fsp3) is 0.672. The molecule has 2 aromatic carbocycles. The number of cyclic esters (lactones) is 1. The third-order valence-corrected chi connectivity index (χ3v) is 14.4. The van der Waals surface area contributed by atoms with Gasteiger partial charge < -0.3 is 43.0 Å². The molecule has 2 aromatic rings. The van der Waals surface area contributed by atoms with Gasteiger partial charge in [-0.15, -0.1) is 0 Å². The molecule has 80 heavy (non-hydrogen) atoms. The molecular weight excluding hydrogens is 1020 g/mol. The second-order valence-electron chi connectivity index (χ2n) is 21.3. The predicted molar refractivity (Wildman–Crippen MR) is 305 cm³/mol. The van der Waals surface area contributed by atoms with Gasteiger partial charge >= 0.3 is 42.0 Å². The number of allylic oxidation sites excluding steroid dienone is 2. The molecule has 1 aliphatic rings. The van der Waals surface area contributed by atoms with Crippen molar-refractivity contribution in [1.82, 2.24) is 0 Å². The van der Waals surface area contributed by atoms with Crippen LogP contribution < -0.4 is 9.47 Å². The summed E-state index contributed by atoms with van der Waals surface area (Å²) in [6, 6.07) is 6.03. The number of methoxy groups -OCH3 is 1. The van der Waals surface area contributed by atoms with E-state index >= 15 is 0 Å². The van der Waals surface area contributed by atoms with Gasteiger partial charge in [0.2, 0.25) is 0 Å². The Morgan fingerprint density at radius 1 is 0.588 bits per heavy atom. The SMILES string of the molecule is CCCCCCCCCCCCCCCC(=O)OCC(COC(=O)CCCCCCCCCCCCCCC)OC(=O)CCC(=O)Oc1ccc(COC(=O)OC(=O)CC/C(C)=C/Cc2c(O)c3c(c(C)c2OC)COC3=O)cc1. The summed E-state index contributed by atoms with van der Waals surface area (Å²) in [5.74, 6) is -3.31. The second-order valence-corrected chi connectivity index (χ2v) is 21.3. The molecule has 0 amide bonds. The van der Waals surface area contributed by atoms with Crippen LogP contribution in [0.15, 0.2) is 35.9 Å². The summed E-state index contributed by atoms with van der Waals surface area (Å²) in [5, 5.41) is 10.8. The van der Waals surface area contributed by atoms with Crippen molar-refractivity contribution in [3.63, 3.8) is 0 Å². The highest BCUT2D eigenvalue weighted by Crippen LogP contribution is 2.42. The highest BCUT2D eigenvalue weighted by Gasteiger charge is 2.32. The van der Waals surface area contributed by atoms with Crippen molar-refractivity contribution in [2.75, 3.05) is 20.3 Å². The first-order chi connectivity index (χ1) is 38.8. The maximum atomic E-state index is 13.0. The molecule has 0 saturated heterocycles. The van der Waals surface area contributed by atoms with Crippen LogP contribution in [0.1, 0.15) is 259 Å². The molecule has 16 heteroatoms. The van der Waals surface area contributed by atoms with Gasteiger partial charge in [-0.3, -0.25) is 24.0 Å². The van der Waals surface area contributed by atoms with Crippen LogP contribution in [0.3, 0.4) is 0 Å². The minimum atomic E-state index is -1.19. The first kappa shape index (κ1) is 68.3. The van der Waals surface area contributed by atoms with Crippen LogP contribution in [-0.4, -0.2) is 73.5 Å². The Hall–Kier alpha value is -5.93. The lowest BCUT2D eigenvalue weighted by molar-refractivity contribution is -0.167. The Labute approximate surface area is 477 Å². The second kappa shape index (κ2) is 42.0. The molecule has 1 N–H and O–H groups in total. The van der Waals surface area contributed by atoms with Crippen LogP contribution in [-0.2, 0) is 72.0 Å². The molecule has 0 fully saturated rings. The summed E-state index contributed by atoms with van der Waals surface area (Å²) in [6.45, 7) is 7.28. The van der Waals surface area contributed by atoms with Crippen molar-refractivity contribution in [2.24, 2.45) is 0 Å². The van der Waals surface area contributed by atoms with E-state index in [0.29, 0.717) is 40.8 Å². The van der Waals surface area contributed by atoms with Crippen molar-refractivity contribution in [2.45, 2.75) is 259 Å². The van der Waals surface area contributed by atoms with Gasteiger partial charge in [0.1, 0.15) is 49.2 Å². The van der Waals surface area contributed by atoms with Gasteiger partial charge in [0.15, 0.2) is 6.10 Å². The maximum Gasteiger partial charge on any atom is 0.516 e. The van der Waals surface area contributed by atoms with Gasteiger partial charge in [0, 0.05) is 30.4 Å². The van der Waals surface area contributed by atoms with Gasteiger partial charge in [-0.1, -0.05) is 192 Å². The lowest BCUT2D eigenvalue weighted by Crippen LogP contribution is -2.31. The molecule has 0 bridgehead atoms. The predicted octanol–water partition coefficient (Wildman–Crippen LogP) is 15.2. The van der Waals surface area contributed by atoms with Crippen molar-refractivity contribution in [3.8, 4) is 17.2 Å².